The van der Waals surface area contributed by atoms with Crippen LogP contribution >= 0.6 is 0 Å². The summed E-state index contributed by atoms with van der Waals surface area (Å²) in [5.41, 5.74) is 5.61. The molecule has 0 spiro atoms. The number of anilines is 1. The Morgan fingerprint density at radius 1 is 1.40 bits per heavy atom. The minimum Gasteiger partial charge on any atom is -0.384 e. The molecule has 4 N–H and O–H groups in total. The second kappa shape index (κ2) is 7.21. The SMILES string of the molecule is NC(=O)c1c(F)cccc1NCCCN1CCNCC1. The molecule has 1 fully saturated rings. The van der Waals surface area contributed by atoms with E-state index < -0.39 is 11.7 Å². The zero-order valence-electron chi connectivity index (χ0n) is 11.5. The van der Waals surface area contributed by atoms with Gasteiger partial charge in [0.25, 0.3) is 5.91 Å². The van der Waals surface area contributed by atoms with Crippen LogP contribution in [0.15, 0.2) is 18.2 Å². The number of nitrogens with one attached hydrogen (secondary N) is 2. The van der Waals surface area contributed by atoms with E-state index in [0.717, 1.165) is 39.1 Å². The smallest absolute Gasteiger partial charge is 0.253 e. The molecule has 1 aromatic rings. The molecule has 2 rings (SSSR count). The third-order valence-corrected chi connectivity index (χ3v) is 3.44. The van der Waals surface area contributed by atoms with E-state index in [1.165, 1.54) is 6.07 Å². The number of primary amides is 1. The number of halogens is 1. The number of nitrogens with zero attached hydrogens (tertiary/aromatic N) is 1. The molecule has 1 aliphatic rings. The minimum absolute atomic E-state index is 0.0605. The van der Waals surface area contributed by atoms with Crippen LogP contribution in [0.5, 0.6) is 0 Å². The van der Waals surface area contributed by atoms with Gasteiger partial charge in [0.05, 0.1) is 5.56 Å². The quantitative estimate of drug-likeness (QED) is 0.669. The number of carbonyl (C=O) groups excluding carboxylic acids is 1. The fourth-order valence-corrected chi connectivity index (χ4v) is 2.38. The average Bonchev–Trinajstić information content (AvgIpc) is 2.44. The van der Waals surface area contributed by atoms with Gasteiger partial charge in [0.15, 0.2) is 0 Å². The molecule has 1 amide bonds. The molecule has 1 heterocycles. The Morgan fingerprint density at radius 2 is 2.15 bits per heavy atom. The van der Waals surface area contributed by atoms with Gasteiger partial charge in [-0.2, -0.15) is 0 Å². The van der Waals surface area contributed by atoms with Crippen molar-refractivity contribution < 1.29 is 9.18 Å². The molecule has 1 aromatic carbocycles. The highest BCUT2D eigenvalue weighted by atomic mass is 19.1. The van der Waals surface area contributed by atoms with Gasteiger partial charge in [-0.1, -0.05) is 6.07 Å². The summed E-state index contributed by atoms with van der Waals surface area (Å²) in [5.74, 6) is -1.32. The lowest BCUT2D eigenvalue weighted by Gasteiger charge is -2.27. The molecule has 0 aliphatic carbocycles. The number of hydrogen-bond acceptors (Lipinski definition) is 4. The first kappa shape index (κ1) is 14.7. The molecule has 20 heavy (non-hydrogen) atoms. The van der Waals surface area contributed by atoms with Gasteiger partial charge in [-0.15, -0.1) is 0 Å². The van der Waals surface area contributed by atoms with E-state index in [4.69, 9.17) is 5.73 Å². The van der Waals surface area contributed by atoms with Crippen molar-refractivity contribution in [3.63, 3.8) is 0 Å². The lowest BCUT2D eigenvalue weighted by atomic mass is 10.1. The maximum atomic E-state index is 13.5. The second-order valence-corrected chi connectivity index (χ2v) is 4.90. The van der Waals surface area contributed by atoms with E-state index >= 15 is 0 Å². The van der Waals surface area contributed by atoms with Crippen LogP contribution in [-0.2, 0) is 0 Å². The number of amides is 1. The maximum absolute atomic E-state index is 13.5. The average molecular weight is 280 g/mol. The Labute approximate surface area is 118 Å². The fraction of sp³-hybridized carbons (Fsp3) is 0.500. The van der Waals surface area contributed by atoms with Gasteiger partial charge in [-0.25, -0.2) is 4.39 Å². The Kier molecular flexibility index (Phi) is 5.31. The molecule has 1 saturated heterocycles. The monoisotopic (exact) mass is 280 g/mol. The summed E-state index contributed by atoms with van der Waals surface area (Å²) in [5, 5.41) is 6.40. The highest BCUT2D eigenvalue weighted by Crippen LogP contribution is 2.18. The predicted octanol–water partition coefficient (Wildman–Crippen LogP) is 0.632. The second-order valence-electron chi connectivity index (χ2n) is 4.90. The van der Waals surface area contributed by atoms with E-state index in [1.54, 1.807) is 12.1 Å². The Morgan fingerprint density at radius 3 is 2.85 bits per heavy atom. The molecule has 0 bridgehead atoms. The largest absolute Gasteiger partial charge is 0.384 e. The van der Waals surface area contributed by atoms with E-state index in [2.05, 4.69) is 15.5 Å². The van der Waals surface area contributed by atoms with Crippen LogP contribution in [-0.4, -0.2) is 50.1 Å². The fourth-order valence-electron chi connectivity index (χ4n) is 2.38. The summed E-state index contributed by atoms with van der Waals surface area (Å²) in [6.45, 7) is 5.87. The third kappa shape index (κ3) is 3.91. The van der Waals surface area contributed by atoms with Crippen LogP contribution in [0.2, 0.25) is 0 Å². The first-order chi connectivity index (χ1) is 9.68. The van der Waals surface area contributed by atoms with Crippen LogP contribution in [0, 0.1) is 5.82 Å². The van der Waals surface area contributed by atoms with Gasteiger partial charge in [-0.3, -0.25) is 4.79 Å². The summed E-state index contributed by atoms with van der Waals surface area (Å²) in [6, 6.07) is 4.49. The zero-order chi connectivity index (χ0) is 14.4. The van der Waals surface area contributed by atoms with Crippen molar-refractivity contribution in [1.29, 1.82) is 0 Å². The van der Waals surface area contributed by atoms with Gasteiger partial charge in [0.2, 0.25) is 0 Å². The normalized spacial score (nSPS) is 16.1. The number of benzene rings is 1. The molecule has 0 atom stereocenters. The standard InChI is InChI=1S/C14H21FN4O/c15-11-3-1-4-12(13(11)14(16)20)18-5-2-8-19-9-6-17-7-10-19/h1,3-4,17-18H,2,5-10H2,(H2,16,20). The first-order valence-electron chi connectivity index (χ1n) is 6.94. The lowest BCUT2D eigenvalue weighted by molar-refractivity contribution is 0.0997. The van der Waals surface area contributed by atoms with Crippen molar-refractivity contribution in [2.24, 2.45) is 5.73 Å². The van der Waals surface area contributed by atoms with E-state index in [0.29, 0.717) is 12.2 Å². The zero-order valence-corrected chi connectivity index (χ0v) is 11.5. The minimum atomic E-state index is -0.743. The molecular weight excluding hydrogens is 259 g/mol. The molecule has 1 aliphatic heterocycles. The van der Waals surface area contributed by atoms with E-state index in [-0.39, 0.29) is 5.56 Å². The van der Waals surface area contributed by atoms with Crippen molar-refractivity contribution in [1.82, 2.24) is 10.2 Å². The Bertz CT molecular complexity index is 460. The van der Waals surface area contributed by atoms with Crippen molar-refractivity contribution in [2.75, 3.05) is 44.6 Å². The third-order valence-electron chi connectivity index (χ3n) is 3.44. The van der Waals surface area contributed by atoms with Crippen LogP contribution in [0.4, 0.5) is 10.1 Å². The molecule has 6 heteroatoms. The number of carbonyl (C=O) groups is 1. The van der Waals surface area contributed by atoms with Gasteiger partial charge in [0.1, 0.15) is 5.82 Å². The summed E-state index contributed by atoms with van der Waals surface area (Å²) >= 11 is 0. The number of hydrogen-bond donors (Lipinski definition) is 3. The summed E-state index contributed by atoms with van der Waals surface area (Å²) in [7, 11) is 0. The summed E-state index contributed by atoms with van der Waals surface area (Å²) < 4.78 is 13.5. The van der Waals surface area contributed by atoms with Crippen molar-refractivity contribution >= 4 is 11.6 Å². The summed E-state index contributed by atoms with van der Waals surface area (Å²) in [4.78, 5) is 13.6. The van der Waals surface area contributed by atoms with Crippen LogP contribution in [0.3, 0.4) is 0 Å². The van der Waals surface area contributed by atoms with Gasteiger partial charge < -0.3 is 21.3 Å². The summed E-state index contributed by atoms with van der Waals surface area (Å²) in [6.07, 6.45) is 0.939. The Balaban J connectivity index is 1.82. The first-order valence-corrected chi connectivity index (χ1v) is 6.94. The maximum Gasteiger partial charge on any atom is 0.253 e. The molecule has 0 aromatic heterocycles. The van der Waals surface area contributed by atoms with Crippen LogP contribution in [0.1, 0.15) is 16.8 Å². The Hall–Kier alpha value is -1.66. The topological polar surface area (TPSA) is 70.4 Å². The van der Waals surface area contributed by atoms with Crippen molar-refractivity contribution in [2.45, 2.75) is 6.42 Å². The number of rotatable bonds is 6. The number of nitrogens with two attached hydrogens (primary N) is 1. The van der Waals surface area contributed by atoms with Crippen LogP contribution < -0.4 is 16.4 Å². The van der Waals surface area contributed by atoms with Gasteiger partial charge in [0, 0.05) is 38.4 Å². The van der Waals surface area contributed by atoms with Gasteiger partial charge in [-0.05, 0) is 25.1 Å². The molecule has 0 saturated carbocycles. The molecule has 0 unspecified atom stereocenters. The van der Waals surface area contributed by atoms with Crippen molar-refractivity contribution in [3.8, 4) is 0 Å². The lowest BCUT2D eigenvalue weighted by Crippen LogP contribution is -2.44. The van der Waals surface area contributed by atoms with E-state index in [9.17, 15) is 9.18 Å². The van der Waals surface area contributed by atoms with Crippen LogP contribution in [0.25, 0.3) is 0 Å². The van der Waals surface area contributed by atoms with E-state index in [1.807, 2.05) is 0 Å². The predicted molar refractivity (Wildman–Crippen MR) is 77.3 cm³/mol. The molecular formula is C14H21FN4O. The van der Waals surface area contributed by atoms with Crippen molar-refractivity contribution in [3.05, 3.63) is 29.6 Å². The van der Waals surface area contributed by atoms with Gasteiger partial charge >= 0.3 is 0 Å². The highest BCUT2D eigenvalue weighted by Gasteiger charge is 2.13. The highest BCUT2D eigenvalue weighted by molar-refractivity contribution is 5.98. The number of piperazine rings is 1. The molecule has 110 valence electrons. The molecule has 0 radical (unpaired) electrons. The molecule has 5 nitrogen and oxygen atoms in total.